The Balaban J connectivity index is 1.25. The molecule has 6 nitrogen and oxygen atoms in total. The first-order valence-corrected chi connectivity index (χ1v) is 11.8. The molecule has 0 spiro atoms. The van der Waals surface area contributed by atoms with E-state index in [9.17, 15) is 9.59 Å². The van der Waals surface area contributed by atoms with Crippen LogP contribution in [0, 0.1) is 0 Å². The van der Waals surface area contributed by atoms with Crippen molar-refractivity contribution >= 4 is 45.3 Å². The van der Waals surface area contributed by atoms with Crippen molar-refractivity contribution in [1.82, 2.24) is 10.3 Å². The molecule has 0 radical (unpaired) electrons. The fourth-order valence-electron chi connectivity index (χ4n) is 3.59. The topological polar surface area (TPSA) is 74.3 Å². The third-order valence-electron chi connectivity index (χ3n) is 4.96. The smallest absolute Gasteiger partial charge is 0.231 e. The molecule has 3 aromatic rings. The van der Waals surface area contributed by atoms with Crippen molar-refractivity contribution in [3.8, 4) is 0 Å². The summed E-state index contributed by atoms with van der Waals surface area (Å²) < 4.78 is 0. The van der Waals surface area contributed by atoms with Crippen LogP contribution >= 0.6 is 22.7 Å². The van der Waals surface area contributed by atoms with E-state index in [1.54, 1.807) is 11.3 Å². The third-order valence-corrected chi connectivity index (χ3v) is 6.65. The molecule has 1 saturated heterocycles. The van der Waals surface area contributed by atoms with E-state index in [4.69, 9.17) is 0 Å². The summed E-state index contributed by atoms with van der Waals surface area (Å²) in [5, 5.41) is 10.3. The summed E-state index contributed by atoms with van der Waals surface area (Å²) >= 11 is 2.90. The predicted octanol–water partition coefficient (Wildman–Crippen LogP) is 3.71. The number of nitrogens with zero attached hydrogens (tertiary/aromatic N) is 2. The van der Waals surface area contributed by atoms with Crippen LogP contribution in [0.3, 0.4) is 0 Å². The van der Waals surface area contributed by atoms with E-state index in [1.165, 1.54) is 17.0 Å². The van der Waals surface area contributed by atoms with Gasteiger partial charge in [-0.3, -0.25) is 9.59 Å². The third kappa shape index (κ3) is 5.67. The Morgan fingerprint density at radius 2 is 1.93 bits per heavy atom. The first-order valence-electron chi connectivity index (χ1n) is 10.0. The van der Waals surface area contributed by atoms with Crippen LogP contribution in [0.5, 0.6) is 0 Å². The van der Waals surface area contributed by atoms with Crippen LogP contribution in [0.1, 0.15) is 23.4 Å². The highest BCUT2D eigenvalue weighted by molar-refractivity contribution is 7.14. The molecule has 0 bridgehead atoms. The normalized spacial score (nSPS) is 16.3. The molecule has 0 saturated carbocycles. The number of hydrogen-bond acceptors (Lipinski definition) is 6. The number of carbonyl (C=O) groups is 2. The van der Waals surface area contributed by atoms with E-state index in [-0.39, 0.29) is 24.3 Å². The van der Waals surface area contributed by atoms with Gasteiger partial charge in [0.15, 0.2) is 5.13 Å². The zero-order valence-electron chi connectivity index (χ0n) is 16.5. The molecule has 2 amide bonds. The lowest BCUT2D eigenvalue weighted by Crippen LogP contribution is -2.48. The van der Waals surface area contributed by atoms with Gasteiger partial charge in [-0.05, 0) is 36.4 Å². The summed E-state index contributed by atoms with van der Waals surface area (Å²) in [7, 11) is 0. The monoisotopic (exact) mass is 440 g/mol. The molecule has 1 aromatic carbocycles. The Kier molecular flexibility index (Phi) is 6.76. The number of para-hydroxylation sites is 1. The minimum absolute atomic E-state index is 0.0309. The number of nitrogens with one attached hydrogen (secondary N) is 2. The standard InChI is InChI=1S/C22H24N4O2S2/c27-20(23-16-6-4-10-26(14-16)18-7-2-1-3-8-18)12-17-15-30-22(24-17)25-21(28)13-19-9-5-11-29-19/h1-3,5,7-9,11,15-16H,4,6,10,12-14H2,(H,23,27)(H,24,25,28). The van der Waals surface area contributed by atoms with E-state index in [2.05, 4.69) is 32.7 Å². The molecule has 0 aliphatic carbocycles. The fourth-order valence-corrected chi connectivity index (χ4v) is 5.02. The Hall–Kier alpha value is -2.71. The predicted molar refractivity (Wildman–Crippen MR) is 122 cm³/mol. The number of thiophene rings is 1. The van der Waals surface area contributed by atoms with Crippen LogP contribution in [0.15, 0.2) is 53.2 Å². The average molecular weight is 441 g/mol. The highest BCUT2D eigenvalue weighted by Crippen LogP contribution is 2.20. The van der Waals surface area contributed by atoms with Gasteiger partial charge in [0.2, 0.25) is 11.8 Å². The molecule has 4 rings (SSSR count). The van der Waals surface area contributed by atoms with Gasteiger partial charge in [0.25, 0.3) is 0 Å². The molecule has 156 valence electrons. The van der Waals surface area contributed by atoms with E-state index in [0.29, 0.717) is 17.2 Å². The molecule has 1 aliphatic heterocycles. The fraction of sp³-hybridized carbons (Fsp3) is 0.318. The second-order valence-electron chi connectivity index (χ2n) is 7.31. The number of benzene rings is 1. The molecular formula is C22H24N4O2S2. The van der Waals surface area contributed by atoms with Gasteiger partial charge in [-0.25, -0.2) is 4.98 Å². The van der Waals surface area contributed by atoms with Gasteiger partial charge in [0, 0.05) is 35.1 Å². The van der Waals surface area contributed by atoms with Crippen molar-refractivity contribution in [2.24, 2.45) is 0 Å². The Morgan fingerprint density at radius 1 is 1.07 bits per heavy atom. The minimum atomic E-state index is -0.0917. The number of thiazole rings is 1. The quantitative estimate of drug-likeness (QED) is 0.587. The summed E-state index contributed by atoms with van der Waals surface area (Å²) in [6.07, 6.45) is 2.60. The number of aromatic nitrogens is 1. The molecule has 8 heteroatoms. The maximum Gasteiger partial charge on any atom is 0.231 e. The summed E-state index contributed by atoms with van der Waals surface area (Å²) in [6, 6.07) is 14.3. The van der Waals surface area contributed by atoms with Crippen molar-refractivity contribution in [2.75, 3.05) is 23.3 Å². The van der Waals surface area contributed by atoms with Crippen LogP contribution < -0.4 is 15.5 Å². The maximum absolute atomic E-state index is 12.5. The van der Waals surface area contributed by atoms with Crippen molar-refractivity contribution in [2.45, 2.75) is 31.7 Å². The van der Waals surface area contributed by atoms with Crippen LogP contribution in [0.4, 0.5) is 10.8 Å². The van der Waals surface area contributed by atoms with Crippen LogP contribution in [-0.2, 0) is 22.4 Å². The number of piperidine rings is 1. The highest BCUT2D eigenvalue weighted by atomic mass is 32.1. The van der Waals surface area contributed by atoms with Crippen molar-refractivity contribution in [3.63, 3.8) is 0 Å². The maximum atomic E-state index is 12.5. The van der Waals surface area contributed by atoms with Gasteiger partial charge < -0.3 is 15.5 Å². The van der Waals surface area contributed by atoms with Crippen molar-refractivity contribution in [3.05, 3.63) is 63.8 Å². The molecule has 1 aliphatic rings. The molecule has 1 unspecified atom stereocenters. The lowest BCUT2D eigenvalue weighted by Gasteiger charge is -2.34. The van der Waals surface area contributed by atoms with Gasteiger partial charge in [0.1, 0.15) is 0 Å². The molecule has 1 fully saturated rings. The van der Waals surface area contributed by atoms with Gasteiger partial charge in [0.05, 0.1) is 18.5 Å². The zero-order valence-corrected chi connectivity index (χ0v) is 18.2. The van der Waals surface area contributed by atoms with Crippen LogP contribution in [0.25, 0.3) is 0 Å². The average Bonchev–Trinajstić information content (AvgIpc) is 3.41. The molecule has 2 N–H and O–H groups in total. The second-order valence-corrected chi connectivity index (χ2v) is 9.20. The first-order chi connectivity index (χ1) is 14.7. The molecule has 2 aromatic heterocycles. The molecule has 30 heavy (non-hydrogen) atoms. The summed E-state index contributed by atoms with van der Waals surface area (Å²) in [5.74, 6) is -0.123. The SMILES string of the molecule is O=C(Cc1cccs1)Nc1nc(CC(=O)NC2CCCN(c3ccccc3)C2)cs1. The number of carbonyl (C=O) groups excluding carboxylic acids is 2. The number of amides is 2. The Bertz CT molecular complexity index is 972. The first kappa shape index (κ1) is 20.6. The summed E-state index contributed by atoms with van der Waals surface area (Å²) in [4.78, 5) is 32.3. The summed E-state index contributed by atoms with van der Waals surface area (Å²) in [6.45, 7) is 1.83. The van der Waals surface area contributed by atoms with E-state index in [1.807, 2.05) is 41.1 Å². The zero-order chi connectivity index (χ0) is 20.8. The Labute approximate surface area is 184 Å². The van der Waals surface area contributed by atoms with Crippen molar-refractivity contribution in [1.29, 1.82) is 0 Å². The number of anilines is 2. The van der Waals surface area contributed by atoms with Gasteiger partial charge in [-0.1, -0.05) is 24.3 Å². The lowest BCUT2D eigenvalue weighted by molar-refractivity contribution is -0.121. The van der Waals surface area contributed by atoms with E-state index >= 15 is 0 Å². The Morgan fingerprint density at radius 3 is 2.73 bits per heavy atom. The second kappa shape index (κ2) is 9.86. The number of rotatable bonds is 7. The largest absolute Gasteiger partial charge is 0.369 e. The number of hydrogen-bond donors (Lipinski definition) is 2. The molecule has 3 heterocycles. The molecule has 1 atom stereocenters. The van der Waals surface area contributed by atoms with Crippen LogP contribution in [0.2, 0.25) is 0 Å². The molecular weight excluding hydrogens is 416 g/mol. The lowest BCUT2D eigenvalue weighted by atomic mass is 10.0. The minimum Gasteiger partial charge on any atom is -0.369 e. The summed E-state index contributed by atoms with van der Waals surface area (Å²) in [5.41, 5.74) is 1.87. The van der Waals surface area contributed by atoms with Gasteiger partial charge in [-0.15, -0.1) is 22.7 Å². The highest BCUT2D eigenvalue weighted by Gasteiger charge is 2.22. The van der Waals surface area contributed by atoms with E-state index in [0.717, 1.165) is 30.8 Å². The van der Waals surface area contributed by atoms with E-state index < -0.39 is 0 Å². The van der Waals surface area contributed by atoms with Crippen molar-refractivity contribution < 1.29 is 9.59 Å². The van der Waals surface area contributed by atoms with Gasteiger partial charge >= 0.3 is 0 Å². The van der Waals surface area contributed by atoms with Gasteiger partial charge in [-0.2, -0.15) is 0 Å². The van der Waals surface area contributed by atoms with Crippen LogP contribution in [-0.4, -0.2) is 35.9 Å².